The van der Waals surface area contributed by atoms with Crippen LogP contribution >= 0.6 is 34.7 Å². The third-order valence-electron chi connectivity index (χ3n) is 3.74. The monoisotopic (exact) mass is 376 g/mol. The zero-order chi connectivity index (χ0) is 17.1. The van der Waals surface area contributed by atoms with Crippen molar-refractivity contribution in [2.45, 2.75) is 25.2 Å². The predicted octanol–water partition coefficient (Wildman–Crippen LogP) is 5.69. The highest BCUT2D eigenvalue weighted by Crippen LogP contribution is 2.29. The number of thioether (sulfide) groups is 1. The number of hydrogen-bond acceptors (Lipinski definition) is 4. The molecular weight excluding hydrogens is 360 g/mol. The molecule has 24 heavy (non-hydrogen) atoms. The molecule has 1 aromatic heterocycles. The standard InChI is InChI=1S/C18H17ClN2OS2/c1-11-3-8-15-17(12(11)2)21-18(24-15)20-16(22)9-10-23-14-6-4-13(19)5-7-14/h3-8H,9-10H2,1-2H3,(H,20,21,22). The van der Waals surface area contributed by atoms with Crippen molar-refractivity contribution in [2.75, 3.05) is 11.1 Å². The Hall–Kier alpha value is -1.56. The second kappa shape index (κ2) is 7.55. The molecule has 0 aliphatic carbocycles. The molecule has 3 nitrogen and oxygen atoms in total. The maximum atomic E-state index is 12.1. The summed E-state index contributed by atoms with van der Waals surface area (Å²) >= 11 is 9.02. The van der Waals surface area contributed by atoms with Gasteiger partial charge in [0, 0.05) is 22.1 Å². The lowest BCUT2D eigenvalue weighted by molar-refractivity contribution is -0.115. The number of anilines is 1. The van der Waals surface area contributed by atoms with E-state index in [2.05, 4.69) is 36.3 Å². The number of aromatic nitrogens is 1. The number of halogens is 1. The summed E-state index contributed by atoms with van der Waals surface area (Å²) in [5.41, 5.74) is 3.36. The molecule has 124 valence electrons. The molecule has 1 N–H and O–H groups in total. The van der Waals surface area contributed by atoms with Crippen LogP contribution in [0.2, 0.25) is 5.02 Å². The van der Waals surface area contributed by atoms with Crippen LogP contribution in [0.3, 0.4) is 0 Å². The lowest BCUT2D eigenvalue weighted by atomic mass is 10.1. The van der Waals surface area contributed by atoms with E-state index in [-0.39, 0.29) is 5.91 Å². The van der Waals surface area contributed by atoms with Crippen LogP contribution < -0.4 is 5.32 Å². The van der Waals surface area contributed by atoms with Crippen LogP contribution in [0.4, 0.5) is 5.13 Å². The summed E-state index contributed by atoms with van der Waals surface area (Å²) in [6.07, 6.45) is 0.446. The van der Waals surface area contributed by atoms with Crippen molar-refractivity contribution in [1.29, 1.82) is 0 Å². The summed E-state index contributed by atoms with van der Waals surface area (Å²) in [6.45, 7) is 4.13. The Bertz CT molecular complexity index is 875. The number of rotatable bonds is 5. The molecule has 0 unspecified atom stereocenters. The van der Waals surface area contributed by atoms with E-state index in [1.165, 1.54) is 22.5 Å². The van der Waals surface area contributed by atoms with Crippen LogP contribution in [0.5, 0.6) is 0 Å². The topological polar surface area (TPSA) is 42.0 Å². The average Bonchev–Trinajstić information content (AvgIpc) is 2.96. The van der Waals surface area contributed by atoms with E-state index in [0.717, 1.165) is 25.9 Å². The first-order valence-corrected chi connectivity index (χ1v) is 9.76. The molecule has 3 aromatic rings. The van der Waals surface area contributed by atoms with E-state index in [1.807, 2.05) is 24.3 Å². The second-order valence-corrected chi connectivity index (χ2v) is 8.11. The van der Waals surface area contributed by atoms with Gasteiger partial charge in [-0.2, -0.15) is 0 Å². The summed E-state index contributed by atoms with van der Waals surface area (Å²) in [5.74, 6) is 0.709. The molecule has 0 bridgehead atoms. The van der Waals surface area contributed by atoms with Gasteiger partial charge in [0.05, 0.1) is 10.2 Å². The van der Waals surface area contributed by atoms with Crippen molar-refractivity contribution >= 4 is 56.0 Å². The van der Waals surface area contributed by atoms with Gasteiger partial charge >= 0.3 is 0 Å². The summed E-state index contributed by atoms with van der Waals surface area (Å²) in [7, 11) is 0. The molecule has 0 atom stereocenters. The number of hydrogen-bond donors (Lipinski definition) is 1. The van der Waals surface area contributed by atoms with Gasteiger partial charge in [-0.1, -0.05) is 29.0 Å². The number of fused-ring (bicyclic) bond motifs is 1. The first-order chi connectivity index (χ1) is 11.5. The fraction of sp³-hybridized carbons (Fsp3) is 0.222. The molecule has 2 aromatic carbocycles. The number of nitrogens with zero attached hydrogens (tertiary/aromatic N) is 1. The van der Waals surface area contributed by atoms with Crippen molar-refractivity contribution in [2.24, 2.45) is 0 Å². The van der Waals surface area contributed by atoms with Gasteiger partial charge < -0.3 is 5.32 Å². The Morgan fingerprint density at radius 2 is 1.96 bits per heavy atom. The van der Waals surface area contributed by atoms with Crippen LogP contribution in [0.25, 0.3) is 10.2 Å². The molecule has 3 rings (SSSR count). The minimum absolute atomic E-state index is 0.00936. The molecule has 1 heterocycles. The molecular formula is C18H17ClN2OS2. The Balaban J connectivity index is 1.57. The largest absolute Gasteiger partial charge is 0.302 e. The maximum absolute atomic E-state index is 12.1. The Morgan fingerprint density at radius 3 is 2.71 bits per heavy atom. The Kier molecular flexibility index (Phi) is 5.43. The van der Waals surface area contributed by atoms with Gasteiger partial charge in [0.1, 0.15) is 0 Å². The number of thiazole rings is 1. The lowest BCUT2D eigenvalue weighted by Gasteiger charge is -2.02. The number of benzene rings is 2. The van der Waals surface area contributed by atoms with Gasteiger partial charge in [0.2, 0.25) is 5.91 Å². The Morgan fingerprint density at radius 1 is 1.21 bits per heavy atom. The fourth-order valence-electron chi connectivity index (χ4n) is 2.25. The van der Waals surface area contributed by atoms with Crippen molar-refractivity contribution in [1.82, 2.24) is 4.98 Å². The predicted molar refractivity (Wildman–Crippen MR) is 105 cm³/mol. The highest BCUT2D eigenvalue weighted by Gasteiger charge is 2.10. The number of carbonyl (C=O) groups excluding carboxylic acids is 1. The zero-order valence-electron chi connectivity index (χ0n) is 13.4. The maximum Gasteiger partial charge on any atom is 0.226 e. The molecule has 0 fully saturated rings. The molecule has 0 aliphatic rings. The van der Waals surface area contributed by atoms with Crippen LogP contribution in [-0.2, 0) is 4.79 Å². The van der Waals surface area contributed by atoms with E-state index in [4.69, 9.17) is 11.6 Å². The van der Waals surface area contributed by atoms with Gasteiger partial charge in [0.15, 0.2) is 5.13 Å². The number of carbonyl (C=O) groups is 1. The number of aryl methyl sites for hydroxylation is 2. The quantitative estimate of drug-likeness (QED) is 0.582. The molecule has 0 saturated heterocycles. The number of nitrogens with one attached hydrogen (secondary N) is 1. The highest BCUT2D eigenvalue weighted by atomic mass is 35.5. The highest BCUT2D eigenvalue weighted by molar-refractivity contribution is 7.99. The first kappa shape index (κ1) is 17.3. The van der Waals surface area contributed by atoms with Crippen molar-refractivity contribution in [3.63, 3.8) is 0 Å². The molecule has 0 spiro atoms. The summed E-state index contributed by atoms with van der Waals surface area (Å²) in [4.78, 5) is 17.8. The van der Waals surface area contributed by atoms with E-state index < -0.39 is 0 Å². The van der Waals surface area contributed by atoms with E-state index in [0.29, 0.717) is 11.6 Å². The third kappa shape index (κ3) is 4.09. The SMILES string of the molecule is Cc1ccc2sc(NC(=O)CCSc3ccc(Cl)cc3)nc2c1C. The van der Waals surface area contributed by atoms with Gasteiger partial charge in [-0.05, 0) is 55.3 Å². The van der Waals surface area contributed by atoms with Gasteiger partial charge in [-0.25, -0.2) is 4.98 Å². The van der Waals surface area contributed by atoms with Gasteiger partial charge in [-0.3, -0.25) is 4.79 Å². The minimum atomic E-state index is -0.00936. The van der Waals surface area contributed by atoms with Crippen molar-refractivity contribution < 1.29 is 4.79 Å². The van der Waals surface area contributed by atoms with Gasteiger partial charge in [-0.15, -0.1) is 11.8 Å². The Labute approximate surface area is 154 Å². The van der Waals surface area contributed by atoms with E-state index in [1.54, 1.807) is 11.8 Å². The average molecular weight is 377 g/mol. The molecule has 6 heteroatoms. The minimum Gasteiger partial charge on any atom is -0.302 e. The summed E-state index contributed by atoms with van der Waals surface area (Å²) in [5, 5.41) is 4.30. The summed E-state index contributed by atoms with van der Waals surface area (Å²) < 4.78 is 1.10. The normalized spacial score (nSPS) is 11.0. The second-order valence-electron chi connectivity index (χ2n) is 5.47. The molecule has 1 amide bonds. The summed E-state index contributed by atoms with van der Waals surface area (Å²) in [6, 6.07) is 11.8. The van der Waals surface area contributed by atoms with Gasteiger partial charge in [0.25, 0.3) is 0 Å². The first-order valence-electron chi connectivity index (χ1n) is 7.58. The number of amides is 1. The van der Waals surface area contributed by atoms with Crippen LogP contribution in [0, 0.1) is 13.8 Å². The van der Waals surface area contributed by atoms with Crippen molar-refractivity contribution in [3.05, 3.63) is 52.5 Å². The van der Waals surface area contributed by atoms with E-state index >= 15 is 0 Å². The lowest BCUT2D eigenvalue weighted by Crippen LogP contribution is -2.11. The molecule has 0 radical (unpaired) electrons. The zero-order valence-corrected chi connectivity index (χ0v) is 15.8. The molecule has 0 saturated carbocycles. The fourth-order valence-corrected chi connectivity index (χ4v) is 4.17. The van der Waals surface area contributed by atoms with Crippen LogP contribution in [-0.4, -0.2) is 16.6 Å². The smallest absolute Gasteiger partial charge is 0.226 e. The third-order valence-corrected chi connectivity index (χ3v) is 5.94. The van der Waals surface area contributed by atoms with Crippen LogP contribution in [0.15, 0.2) is 41.3 Å². The van der Waals surface area contributed by atoms with Crippen molar-refractivity contribution in [3.8, 4) is 0 Å². The van der Waals surface area contributed by atoms with Crippen LogP contribution in [0.1, 0.15) is 17.5 Å². The molecule has 0 aliphatic heterocycles. The van der Waals surface area contributed by atoms with E-state index in [9.17, 15) is 4.79 Å².